The number of rotatable bonds is 7. The van der Waals surface area contributed by atoms with E-state index in [9.17, 15) is 14.4 Å². The van der Waals surface area contributed by atoms with E-state index < -0.39 is 0 Å². The molecule has 0 saturated heterocycles. The molecule has 6 nitrogen and oxygen atoms in total. The van der Waals surface area contributed by atoms with Crippen LogP contribution >= 0.6 is 0 Å². The highest BCUT2D eigenvalue weighted by molar-refractivity contribution is 6.21. The van der Waals surface area contributed by atoms with Gasteiger partial charge in [0.15, 0.2) is 0 Å². The maximum absolute atomic E-state index is 12.1. The van der Waals surface area contributed by atoms with E-state index in [1.807, 2.05) is 0 Å². The van der Waals surface area contributed by atoms with Crippen LogP contribution in [0.25, 0.3) is 0 Å². The lowest BCUT2D eigenvalue weighted by atomic mass is 10.1. The number of benzene rings is 1. The molecule has 0 spiro atoms. The molecule has 21 heavy (non-hydrogen) atoms. The average molecular weight is 289 g/mol. The number of carbonyl (C=O) groups is 3. The Labute approximate surface area is 123 Å². The molecule has 2 rings (SSSR count). The second-order valence-electron chi connectivity index (χ2n) is 4.89. The third kappa shape index (κ3) is 3.46. The van der Waals surface area contributed by atoms with Crippen molar-refractivity contribution < 1.29 is 14.4 Å². The molecule has 6 heteroatoms. The fourth-order valence-corrected chi connectivity index (χ4v) is 2.29. The van der Waals surface area contributed by atoms with Gasteiger partial charge in [-0.25, -0.2) is 0 Å². The van der Waals surface area contributed by atoms with Crippen molar-refractivity contribution >= 4 is 17.7 Å². The first kappa shape index (κ1) is 15.2. The van der Waals surface area contributed by atoms with Gasteiger partial charge in [0.1, 0.15) is 0 Å². The van der Waals surface area contributed by atoms with Gasteiger partial charge in [0.05, 0.1) is 17.7 Å². The smallest absolute Gasteiger partial charge is 0.261 e. The number of amides is 3. The van der Waals surface area contributed by atoms with Crippen molar-refractivity contribution in [2.45, 2.75) is 12.8 Å². The highest BCUT2D eigenvalue weighted by atomic mass is 16.2. The number of fused-ring (bicyclic) bond motifs is 1. The van der Waals surface area contributed by atoms with Crippen molar-refractivity contribution in [3.8, 4) is 0 Å². The summed E-state index contributed by atoms with van der Waals surface area (Å²) in [5, 5.41) is 5.52. The molecule has 1 heterocycles. The SMILES string of the molecule is CNCC(=O)NCCCCN1C(=O)c2ccccc2C1=O. The highest BCUT2D eigenvalue weighted by Crippen LogP contribution is 2.22. The topological polar surface area (TPSA) is 78.5 Å². The van der Waals surface area contributed by atoms with E-state index in [4.69, 9.17) is 0 Å². The van der Waals surface area contributed by atoms with Crippen molar-refractivity contribution in [1.82, 2.24) is 15.5 Å². The van der Waals surface area contributed by atoms with Crippen LogP contribution in [0, 0.1) is 0 Å². The minimum absolute atomic E-state index is 0.0572. The number of hydrogen-bond donors (Lipinski definition) is 2. The Morgan fingerprint density at radius 2 is 1.71 bits per heavy atom. The number of hydrogen-bond acceptors (Lipinski definition) is 4. The predicted octanol–water partition coefficient (Wildman–Crippen LogP) is 0.398. The zero-order valence-corrected chi connectivity index (χ0v) is 12.0. The molecule has 0 radical (unpaired) electrons. The first-order valence-corrected chi connectivity index (χ1v) is 7.01. The number of carbonyl (C=O) groups excluding carboxylic acids is 3. The summed E-state index contributed by atoms with van der Waals surface area (Å²) in [5.41, 5.74) is 0.953. The summed E-state index contributed by atoms with van der Waals surface area (Å²) >= 11 is 0. The lowest BCUT2D eigenvalue weighted by Gasteiger charge is -2.13. The van der Waals surface area contributed by atoms with Crippen LogP contribution < -0.4 is 10.6 Å². The Bertz CT molecular complexity index is 522. The molecule has 1 aliphatic rings. The fraction of sp³-hybridized carbons (Fsp3) is 0.400. The van der Waals surface area contributed by atoms with Gasteiger partial charge in [0, 0.05) is 13.1 Å². The summed E-state index contributed by atoms with van der Waals surface area (Å²) in [6.07, 6.45) is 1.40. The maximum atomic E-state index is 12.1. The Balaban J connectivity index is 1.77. The van der Waals surface area contributed by atoms with Crippen LogP contribution in [0.1, 0.15) is 33.6 Å². The fourth-order valence-electron chi connectivity index (χ4n) is 2.29. The third-order valence-electron chi connectivity index (χ3n) is 3.35. The molecular weight excluding hydrogens is 270 g/mol. The van der Waals surface area contributed by atoms with Crippen LogP contribution in [0.15, 0.2) is 24.3 Å². The van der Waals surface area contributed by atoms with Gasteiger partial charge in [0.25, 0.3) is 11.8 Å². The maximum Gasteiger partial charge on any atom is 0.261 e. The van der Waals surface area contributed by atoms with Gasteiger partial charge in [-0.3, -0.25) is 19.3 Å². The number of nitrogens with zero attached hydrogens (tertiary/aromatic N) is 1. The summed E-state index contributed by atoms with van der Waals surface area (Å²) in [6, 6.07) is 6.86. The standard InChI is InChI=1S/C15H19N3O3/c1-16-10-13(19)17-8-4-5-9-18-14(20)11-6-2-3-7-12(11)15(18)21/h2-3,6-7,16H,4-5,8-10H2,1H3,(H,17,19). The van der Waals surface area contributed by atoms with Gasteiger partial charge in [-0.05, 0) is 32.0 Å². The Hall–Kier alpha value is -2.21. The van der Waals surface area contributed by atoms with Crippen molar-refractivity contribution in [2.75, 3.05) is 26.7 Å². The van der Waals surface area contributed by atoms with Crippen molar-refractivity contribution in [3.63, 3.8) is 0 Å². The quantitative estimate of drug-likeness (QED) is 0.562. The molecule has 0 bridgehead atoms. The molecule has 0 saturated carbocycles. The molecule has 0 aromatic heterocycles. The highest BCUT2D eigenvalue weighted by Gasteiger charge is 2.34. The van der Waals surface area contributed by atoms with E-state index in [1.165, 1.54) is 4.90 Å². The number of likely N-dealkylation sites (N-methyl/N-ethyl adjacent to an activating group) is 1. The first-order chi connectivity index (χ1) is 10.1. The molecule has 112 valence electrons. The van der Waals surface area contributed by atoms with Crippen molar-refractivity contribution in [3.05, 3.63) is 35.4 Å². The number of imide groups is 1. The van der Waals surface area contributed by atoms with Gasteiger partial charge in [-0.2, -0.15) is 0 Å². The van der Waals surface area contributed by atoms with Gasteiger partial charge in [0.2, 0.25) is 5.91 Å². The monoisotopic (exact) mass is 289 g/mol. The minimum atomic E-state index is -0.227. The number of unbranched alkanes of at least 4 members (excludes halogenated alkanes) is 1. The summed E-state index contributed by atoms with van der Waals surface area (Å²) in [6.45, 7) is 1.22. The molecular formula is C15H19N3O3. The van der Waals surface area contributed by atoms with E-state index in [0.717, 1.165) is 6.42 Å². The predicted molar refractivity (Wildman–Crippen MR) is 78.0 cm³/mol. The minimum Gasteiger partial charge on any atom is -0.355 e. The van der Waals surface area contributed by atoms with Gasteiger partial charge in [-0.15, -0.1) is 0 Å². The Morgan fingerprint density at radius 1 is 1.10 bits per heavy atom. The Kier molecular flexibility index (Phi) is 5.05. The third-order valence-corrected chi connectivity index (χ3v) is 3.35. The molecule has 3 amide bonds. The Morgan fingerprint density at radius 3 is 2.29 bits per heavy atom. The lowest BCUT2D eigenvalue weighted by molar-refractivity contribution is -0.120. The molecule has 2 N–H and O–H groups in total. The molecule has 0 fully saturated rings. The molecule has 0 unspecified atom stereocenters. The molecule has 0 atom stereocenters. The van der Waals surface area contributed by atoms with Crippen LogP contribution in [0.5, 0.6) is 0 Å². The van der Waals surface area contributed by atoms with Crippen molar-refractivity contribution in [2.24, 2.45) is 0 Å². The van der Waals surface area contributed by atoms with Crippen LogP contribution in [0.2, 0.25) is 0 Å². The van der Waals surface area contributed by atoms with Gasteiger partial charge >= 0.3 is 0 Å². The van der Waals surface area contributed by atoms with Crippen LogP contribution in [-0.2, 0) is 4.79 Å². The summed E-state index contributed by atoms with van der Waals surface area (Å²) < 4.78 is 0. The van der Waals surface area contributed by atoms with E-state index in [2.05, 4.69) is 10.6 Å². The van der Waals surface area contributed by atoms with Crippen LogP contribution in [-0.4, -0.2) is 49.3 Å². The second kappa shape index (κ2) is 6.99. The lowest BCUT2D eigenvalue weighted by Crippen LogP contribution is -2.34. The normalized spacial score (nSPS) is 13.5. The van der Waals surface area contributed by atoms with Crippen molar-refractivity contribution in [1.29, 1.82) is 0 Å². The second-order valence-corrected chi connectivity index (χ2v) is 4.89. The molecule has 0 aliphatic carbocycles. The zero-order valence-electron chi connectivity index (χ0n) is 12.0. The van der Waals surface area contributed by atoms with Crippen LogP contribution in [0.4, 0.5) is 0 Å². The van der Waals surface area contributed by atoms with Gasteiger partial charge in [-0.1, -0.05) is 12.1 Å². The largest absolute Gasteiger partial charge is 0.355 e. The first-order valence-electron chi connectivity index (χ1n) is 7.01. The van der Waals surface area contributed by atoms with E-state index in [1.54, 1.807) is 31.3 Å². The summed E-state index contributed by atoms with van der Waals surface area (Å²) in [7, 11) is 1.71. The van der Waals surface area contributed by atoms with E-state index >= 15 is 0 Å². The summed E-state index contributed by atoms with van der Waals surface area (Å²) in [5.74, 6) is -0.511. The molecule has 1 aromatic carbocycles. The van der Waals surface area contributed by atoms with E-state index in [0.29, 0.717) is 37.2 Å². The zero-order chi connectivity index (χ0) is 15.2. The van der Waals surface area contributed by atoms with Gasteiger partial charge < -0.3 is 10.6 Å². The van der Waals surface area contributed by atoms with E-state index in [-0.39, 0.29) is 17.7 Å². The molecule has 1 aliphatic heterocycles. The summed E-state index contributed by atoms with van der Waals surface area (Å²) in [4.78, 5) is 36.7. The molecule has 1 aromatic rings. The number of nitrogens with one attached hydrogen (secondary N) is 2. The van der Waals surface area contributed by atoms with Crippen LogP contribution in [0.3, 0.4) is 0 Å². The average Bonchev–Trinajstić information content (AvgIpc) is 2.72.